The van der Waals surface area contributed by atoms with Gasteiger partial charge in [-0.3, -0.25) is 9.76 Å². The normalized spacial score (nSPS) is 19.6. The fourth-order valence-corrected chi connectivity index (χ4v) is 5.88. The van der Waals surface area contributed by atoms with Crippen molar-refractivity contribution in [1.82, 2.24) is 15.0 Å². The molecule has 3 aromatic heterocycles. The van der Waals surface area contributed by atoms with Crippen molar-refractivity contribution >= 4 is 22.1 Å². The van der Waals surface area contributed by atoms with Crippen LogP contribution >= 0.6 is 0 Å². The Hall–Kier alpha value is -4.17. The molecule has 0 amide bonds. The molecule has 0 radical (unpaired) electrons. The molecule has 0 saturated carbocycles. The molecular weight excluding hydrogens is 514 g/mol. The summed E-state index contributed by atoms with van der Waals surface area (Å²) in [5.74, 6) is 5.00. The Labute approximate surface area is 230 Å². The van der Waals surface area contributed by atoms with E-state index >= 15 is 0 Å². The number of hydrogen-bond donors (Lipinski definition) is 2. The molecule has 2 aliphatic rings. The van der Waals surface area contributed by atoms with Crippen molar-refractivity contribution in [2.75, 3.05) is 43.2 Å². The van der Waals surface area contributed by atoms with Crippen LogP contribution in [-0.2, 0) is 10.7 Å². The van der Waals surface area contributed by atoms with E-state index in [0.29, 0.717) is 29.8 Å². The number of nitrogens with zero attached hydrogens (tertiary/aromatic N) is 5. The Morgan fingerprint density at radius 1 is 1.13 bits per heavy atom. The maximum atomic E-state index is 9.58. The molecule has 0 aromatic carbocycles. The lowest BCUT2D eigenvalue weighted by atomic mass is 10.0. The van der Waals surface area contributed by atoms with Crippen LogP contribution in [-0.4, -0.2) is 59.4 Å². The van der Waals surface area contributed by atoms with Gasteiger partial charge in [-0.15, -0.1) is 10.7 Å². The van der Waals surface area contributed by atoms with E-state index in [1.165, 1.54) is 6.20 Å². The summed E-state index contributed by atoms with van der Waals surface area (Å²) >= 11 is 0. The number of methoxy groups -OCH3 is 1. The minimum absolute atomic E-state index is 0.118. The number of ether oxygens (including phenoxy) is 3. The molecule has 2 fully saturated rings. The molecule has 0 unspecified atom stereocenters. The van der Waals surface area contributed by atoms with Gasteiger partial charge in [-0.1, -0.05) is 0 Å². The zero-order valence-corrected chi connectivity index (χ0v) is 22.6. The van der Waals surface area contributed by atoms with Gasteiger partial charge >= 0.3 is 0 Å². The van der Waals surface area contributed by atoms with E-state index in [2.05, 4.69) is 20.9 Å². The van der Waals surface area contributed by atoms with Crippen molar-refractivity contribution < 1.29 is 14.2 Å². The number of anilines is 1. The van der Waals surface area contributed by atoms with Crippen molar-refractivity contribution in [1.29, 1.82) is 10.0 Å². The Morgan fingerprint density at radius 3 is 2.54 bits per heavy atom. The van der Waals surface area contributed by atoms with Crippen molar-refractivity contribution in [2.45, 2.75) is 18.9 Å². The van der Waals surface area contributed by atoms with Gasteiger partial charge in [0.15, 0.2) is 0 Å². The number of piperidine rings is 1. The highest BCUT2D eigenvalue weighted by Gasteiger charge is 2.24. The number of hydrogen-bond acceptors (Lipinski definition) is 10. The third-order valence-corrected chi connectivity index (χ3v) is 8.56. The first-order valence-corrected chi connectivity index (χ1v) is 14.3. The number of pyridine rings is 3. The molecule has 2 saturated heterocycles. The SMILES string of the molecule is COc1ccc(OC2CCN(c3ccc(-c4cc(OCC5CS(=N)C5)cnc4C(C#N)=CN)cn3)CC2)cn1. The standard InChI is InChI=1S/C28H31N7O3S/c1-36-27-5-3-23(14-33-27)38-22-6-8-35(9-7-22)26-4-2-20(13-32-26)25-10-24(37-16-19-17-39(31)18-19)15-34-28(25)21(11-29)12-30/h2-5,10-11,13-15,19,22,31H,6-9,16-18,29H2,1H3. The van der Waals surface area contributed by atoms with E-state index in [4.69, 9.17) is 29.7 Å². The lowest BCUT2D eigenvalue weighted by Gasteiger charge is -2.33. The second-order valence-corrected chi connectivity index (χ2v) is 11.2. The number of nitriles is 1. The summed E-state index contributed by atoms with van der Waals surface area (Å²) in [6.45, 7) is 2.21. The number of nitrogens with one attached hydrogen (secondary N) is 1. The Bertz CT molecular complexity index is 1370. The average Bonchev–Trinajstić information content (AvgIpc) is 2.97. The van der Waals surface area contributed by atoms with Crippen LogP contribution < -0.4 is 24.8 Å². The van der Waals surface area contributed by atoms with Gasteiger partial charge in [0.25, 0.3) is 0 Å². The van der Waals surface area contributed by atoms with Crippen molar-refractivity contribution in [3.8, 4) is 34.6 Å². The number of rotatable bonds is 9. The van der Waals surface area contributed by atoms with Crippen LogP contribution in [0.25, 0.3) is 16.7 Å². The van der Waals surface area contributed by atoms with E-state index in [0.717, 1.165) is 60.1 Å². The molecule has 39 heavy (non-hydrogen) atoms. The molecular formula is C28H31N7O3S. The lowest BCUT2D eigenvalue weighted by molar-refractivity contribution is 0.170. The maximum Gasteiger partial charge on any atom is 0.213 e. The summed E-state index contributed by atoms with van der Waals surface area (Å²) in [4.78, 5) is 15.7. The molecule has 202 valence electrons. The summed E-state index contributed by atoms with van der Waals surface area (Å²) in [6, 6.07) is 11.7. The van der Waals surface area contributed by atoms with Gasteiger partial charge in [-0.25, -0.2) is 9.97 Å². The third-order valence-electron chi connectivity index (χ3n) is 6.81. The Morgan fingerprint density at radius 2 is 1.92 bits per heavy atom. The maximum absolute atomic E-state index is 9.58. The molecule has 0 spiro atoms. The first-order valence-electron chi connectivity index (χ1n) is 12.8. The fourth-order valence-electron chi connectivity index (χ4n) is 4.64. The second kappa shape index (κ2) is 12.1. The molecule has 11 heteroatoms. The summed E-state index contributed by atoms with van der Waals surface area (Å²) in [5, 5.41) is 9.58. The molecule has 5 heterocycles. The van der Waals surface area contributed by atoms with Crippen molar-refractivity contribution in [3.05, 3.63) is 60.8 Å². The number of nitrogens with two attached hydrogens (primary N) is 1. The topological polar surface area (TPSA) is 143 Å². The highest BCUT2D eigenvalue weighted by molar-refractivity contribution is 7.87. The summed E-state index contributed by atoms with van der Waals surface area (Å²) < 4.78 is 24.9. The first kappa shape index (κ1) is 26.4. The van der Waals surface area contributed by atoms with Gasteiger partial charge in [0.05, 0.1) is 37.4 Å². The zero-order chi connectivity index (χ0) is 27.2. The third kappa shape index (κ3) is 6.29. The molecule has 0 aliphatic carbocycles. The summed E-state index contributed by atoms with van der Waals surface area (Å²) in [5.41, 5.74) is 8.05. The minimum Gasteiger partial charge on any atom is -0.492 e. The average molecular weight is 546 g/mol. The van der Waals surface area contributed by atoms with Crippen LogP contribution in [0.1, 0.15) is 18.5 Å². The Balaban J connectivity index is 1.26. The molecule has 10 nitrogen and oxygen atoms in total. The largest absolute Gasteiger partial charge is 0.492 e. The summed E-state index contributed by atoms with van der Waals surface area (Å²) in [6.07, 6.45) is 8.24. The van der Waals surface area contributed by atoms with Crippen molar-refractivity contribution in [3.63, 3.8) is 0 Å². The number of aromatic nitrogens is 3. The van der Waals surface area contributed by atoms with Gasteiger partial charge in [0, 0.05) is 72.9 Å². The molecule has 0 atom stereocenters. The van der Waals surface area contributed by atoms with E-state index in [1.54, 1.807) is 31.8 Å². The second-order valence-electron chi connectivity index (χ2n) is 9.51. The van der Waals surface area contributed by atoms with E-state index in [9.17, 15) is 5.26 Å². The van der Waals surface area contributed by atoms with E-state index in [1.807, 2.05) is 24.3 Å². The van der Waals surface area contributed by atoms with Crippen LogP contribution in [0.2, 0.25) is 0 Å². The zero-order valence-electron chi connectivity index (χ0n) is 21.7. The molecule has 5 rings (SSSR count). The van der Waals surface area contributed by atoms with Crippen LogP contribution in [0, 0.1) is 22.0 Å². The first-order chi connectivity index (χ1) is 19.1. The van der Waals surface area contributed by atoms with Crippen LogP contribution in [0.4, 0.5) is 5.82 Å². The monoisotopic (exact) mass is 545 g/mol. The molecule has 2 aliphatic heterocycles. The van der Waals surface area contributed by atoms with Crippen molar-refractivity contribution in [2.24, 2.45) is 11.7 Å². The van der Waals surface area contributed by atoms with E-state index in [-0.39, 0.29) is 22.4 Å². The predicted octanol–water partition coefficient (Wildman–Crippen LogP) is 3.81. The van der Waals surface area contributed by atoms with Gasteiger partial charge in [-0.05, 0) is 24.3 Å². The Kier molecular flexibility index (Phi) is 8.22. The van der Waals surface area contributed by atoms with Crippen LogP contribution in [0.5, 0.6) is 17.4 Å². The lowest BCUT2D eigenvalue weighted by Crippen LogP contribution is -2.38. The van der Waals surface area contributed by atoms with Gasteiger partial charge in [0.2, 0.25) is 5.88 Å². The van der Waals surface area contributed by atoms with E-state index < -0.39 is 0 Å². The molecule has 3 aromatic rings. The quantitative estimate of drug-likeness (QED) is 0.384. The molecule has 3 N–H and O–H groups in total. The van der Waals surface area contributed by atoms with Gasteiger partial charge in [-0.2, -0.15) is 5.26 Å². The number of allylic oxidation sites excluding steroid dienone is 1. The minimum atomic E-state index is -0.223. The smallest absolute Gasteiger partial charge is 0.213 e. The molecule has 0 bridgehead atoms. The summed E-state index contributed by atoms with van der Waals surface area (Å²) in [7, 11) is 1.37. The van der Waals surface area contributed by atoms with Crippen LogP contribution in [0.3, 0.4) is 0 Å². The highest BCUT2D eigenvalue weighted by Crippen LogP contribution is 2.32. The van der Waals surface area contributed by atoms with Gasteiger partial charge < -0.3 is 24.8 Å². The van der Waals surface area contributed by atoms with Crippen LogP contribution in [0.15, 0.2) is 55.1 Å². The fraction of sp³-hybridized carbons (Fsp3) is 0.357. The predicted molar refractivity (Wildman–Crippen MR) is 151 cm³/mol. The van der Waals surface area contributed by atoms with Gasteiger partial charge in [0.1, 0.15) is 29.5 Å². The highest BCUT2D eigenvalue weighted by atomic mass is 32.2.